The van der Waals surface area contributed by atoms with Crippen molar-refractivity contribution in [2.75, 3.05) is 5.32 Å². The molecule has 0 bridgehead atoms. The maximum Gasteiger partial charge on any atom is 0.164 e. The van der Waals surface area contributed by atoms with E-state index in [1.54, 1.807) is 12.4 Å². The van der Waals surface area contributed by atoms with E-state index < -0.39 is 0 Å². The Morgan fingerprint density at radius 1 is 0.875 bits per heavy atom. The van der Waals surface area contributed by atoms with Crippen molar-refractivity contribution >= 4 is 16.9 Å². The van der Waals surface area contributed by atoms with Gasteiger partial charge in [0.15, 0.2) is 5.65 Å². The van der Waals surface area contributed by atoms with Gasteiger partial charge in [-0.25, -0.2) is 15.0 Å². The van der Waals surface area contributed by atoms with Crippen molar-refractivity contribution in [3.63, 3.8) is 0 Å². The number of aromatic nitrogens is 5. The molecule has 3 heterocycles. The van der Waals surface area contributed by atoms with Gasteiger partial charge in [0.1, 0.15) is 12.1 Å². The molecule has 1 aromatic carbocycles. The molecule has 0 atom stereocenters. The fourth-order valence-corrected chi connectivity index (χ4v) is 2.57. The van der Waals surface area contributed by atoms with E-state index in [-0.39, 0.29) is 0 Å². The van der Waals surface area contributed by atoms with Gasteiger partial charge < -0.3 is 5.32 Å². The van der Waals surface area contributed by atoms with E-state index in [9.17, 15) is 0 Å². The summed E-state index contributed by atoms with van der Waals surface area (Å²) in [5, 5.41) is 8.51. The summed E-state index contributed by atoms with van der Waals surface area (Å²) < 4.78 is 1.91. The second kappa shape index (κ2) is 6.45. The van der Waals surface area contributed by atoms with Crippen LogP contribution in [0.25, 0.3) is 11.0 Å². The average molecular weight is 316 g/mol. The summed E-state index contributed by atoms with van der Waals surface area (Å²) in [7, 11) is 0. The van der Waals surface area contributed by atoms with Crippen molar-refractivity contribution in [1.29, 1.82) is 0 Å². The number of anilines is 1. The van der Waals surface area contributed by atoms with Crippen LogP contribution in [0.5, 0.6) is 0 Å². The van der Waals surface area contributed by atoms with Crippen LogP contribution in [0.3, 0.4) is 0 Å². The molecule has 0 saturated carbocycles. The number of nitrogens with one attached hydrogen (secondary N) is 1. The van der Waals surface area contributed by atoms with Gasteiger partial charge in [-0.2, -0.15) is 5.10 Å². The van der Waals surface area contributed by atoms with Crippen LogP contribution >= 0.6 is 0 Å². The third kappa shape index (κ3) is 3.08. The average Bonchev–Trinajstić information content (AvgIpc) is 3.14. The maximum absolute atomic E-state index is 4.32. The first-order chi connectivity index (χ1) is 11.9. The zero-order valence-corrected chi connectivity index (χ0v) is 13.0. The summed E-state index contributed by atoms with van der Waals surface area (Å²) in [6.07, 6.45) is 7.02. The molecule has 1 N–H and O–H groups in total. The van der Waals surface area contributed by atoms with E-state index in [4.69, 9.17) is 0 Å². The van der Waals surface area contributed by atoms with Gasteiger partial charge in [0.25, 0.3) is 0 Å². The summed E-state index contributed by atoms with van der Waals surface area (Å²) in [5.41, 5.74) is 3.11. The number of benzene rings is 1. The van der Waals surface area contributed by atoms with Gasteiger partial charge in [0.2, 0.25) is 0 Å². The number of pyridine rings is 1. The molecule has 24 heavy (non-hydrogen) atoms. The second-order valence-corrected chi connectivity index (χ2v) is 5.47. The molecule has 6 nitrogen and oxygen atoms in total. The highest BCUT2D eigenvalue weighted by Crippen LogP contribution is 2.17. The standard InChI is InChI=1S/C18H16N6/c1-3-16-17(19-8-1)21-13-22-18(16)20-11-14-4-6-15(7-5-14)12-24-10-2-9-23-24/h1-10,13H,11-12H2,(H,19,20,21,22). The van der Waals surface area contributed by atoms with Gasteiger partial charge in [-0.3, -0.25) is 4.68 Å². The second-order valence-electron chi connectivity index (χ2n) is 5.47. The highest BCUT2D eigenvalue weighted by molar-refractivity contribution is 5.85. The molecule has 6 heteroatoms. The molecule has 0 spiro atoms. The fourth-order valence-electron chi connectivity index (χ4n) is 2.57. The summed E-state index contributed by atoms with van der Waals surface area (Å²) in [6, 6.07) is 14.3. The van der Waals surface area contributed by atoms with E-state index in [1.807, 2.05) is 29.1 Å². The van der Waals surface area contributed by atoms with Crippen LogP contribution in [-0.4, -0.2) is 24.7 Å². The Labute approximate surface area is 139 Å². The van der Waals surface area contributed by atoms with E-state index in [2.05, 4.69) is 49.6 Å². The molecule has 0 fully saturated rings. The minimum atomic E-state index is 0.697. The largest absolute Gasteiger partial charge is 0.365 e. The number of fused-ring (bicyclic) bond motifs is 1. The fraction of sp³-hybridized carbons (Fsp3) is 0.111. The van der Waals surface area contributed by atoms with E-state index in [1.165, 1.54) is 17.5 Å². The molecule has 0 unspecified atom stereocenters. The van der Waals surface area contributed by atoms with Crippen LogP contribution in [0.4, 0.5) is 5.82 Å². The molecule has 4 rings (SSSR count). The summed E-state index contributed by atoms with van der Waals surface area (Å²) in [6.45, 7) is 1.48. The normalized spacial score (nSPS) is 10.8. The van der Waals surface area contributed by atoms with Gasteiger partial charge in [-0.15, -0.1) is 0 Å². The monoisotopic (exact) mass is 316 g/mol. The van der Waals surface area contributed by atoms with E-state index in [0.717, 1.165) is 17.7 Å². The lowest BCUT2D eigenvalue weighted by Gasteiger charge is -2.09. The first kappa shape index (κ1) is 14.3. The Bertz CT molecular complexity index is 926. The van der Waals surface area contributed by atoms with Gasteiger partial charge in [0, 0.05) is 25.1 Å². The molecule has 3 aromatic heterocycles. The minimum Gasteiger partial charge on any atom is -0.365 e. The Morgan fingerprint density at radius 3 is 2.58 bits per heavy atom. The lowest BCUT2D eigenvalue weighted by atomic mass is 10.1. The van der Waals surface area contributed by atoms with Crippen molar-refractivity contribution in [1.82, 2.24) is 24.7 Å². The lowest BCUT2D eigenvalue weighted by Crippen LogP contribution is -2.04. The quantitative estimate of drug-likeness (QED) is 0.613. The Balaban J connectivity index is 1.45. The molecule has 0 aliphatic rings. The number of hydrogen-bond acceptors (Lipinski definition) is 5. The highest BCUT2D eigenvalue weighted by atomic mass is 15.3. The van der Waals surface area contributed by atoms with Crippen LogP contribution in [0.1, 0.15) is 11.1 Å². The number of hydrogen-bond donors (Lipinski definition) is 1. The van der Waals surface area contributed by atoms with Crippen LogP contribution in [-0.2, 0) is 13.1 Å². The zero-order chi connectivity index (χ0) is 16.2. The number of rotatable bonds is 5. The smallest absolute Gasteiger partial charge is 0.164 e. The molecule has 0 aliphatic carbocycles. The summed E-state index contributed by atoms with van der Waals surface area (Å²) in [5.74, 6) is 0.800. The number of nitrogens with zero attached hydrogens (tertiary/aromatic N) is 5. The molecular formula is C18H16N6. The van der Waals surface area contributed by atoms with E-state index in [0.29, 0.717) is 12.2 Å². The summed E-state index contributed by atoms with van der Waals surface area (Å²) >= 11 is 0. The topological polar surface area (TPSA) is 68.5 Å². The summed E-state index contributed by atoms with van der Waals surface area (Å²) in [4.78, 5) is 12.7. The first-order valence-electron chi connectivity index (χ1n) is 7.73. The predicted molar refractivity (Wildman–Crippen MR) is 92.4 cm³/mol. The molecule has 0 radical (unpaired) electrons. The van der Waals surface area contributed by atoms with Crippen molar-refractivity contribution in [2.45, 2.75) is 13.1 Å². The van der Waals surface area contributed by atoms with Crippen molar-refractivity contribution in [3.8, 4) is 0 Å². The van der Waals surface area contributed by atoms with Crippen molar-refractivity contribution < 1.29 is 0 Å². The van der Waals surface area contributed by atoms with E-state index >= 15 is 0 Å². The van der Waals surface area contributed by atoms with Gasteiger partial charge >= 0.3 is 0 Å². The Kier molecular flexibility index (Phi) is 3.85. The molecule has 0 aliphatic heterocycles. The molecule has 118 valence electrons. The van der Waals surface area contributed by atoms with Gasteiger partial charge in [0.05, 0.1) is 11.9 Å². The SMILES string of the molecule is c1cnc2ncnc(NCc3ccc(Cn4cccn4)cc3)c2c1. The predicted octanol–water partition coefficient (Wildman–Crippen LogP) is 2.88. The Morgan fingerprint density at radius 2 is 1.75 bits per heavy atom. The van der Waals surface area contributed by atoms with Crippen LogP contribution in [0, 0.1) is 0 Å². The maximum atomic E-state index is 4.32. The molecule has 0 amide bonds. The molecule has 0 saturated heterocycles. The van der Waals surface area contributed by atoms with Crippen LogP contribution in [0.2, 0.25) is 0 Å². The third-order valence-electron chi connectivity index (χ3n) is 3.80. The molecule has 4 aromatic rings. The van der Waals surface area contributed by atoms with Gasteiger partial charge in [-0.05, 0) is 29.3 Å². The van der Waals surface area contributed by atoms with Crippen LogP contribution in [0.15, 0.2) is 67.4 Å². The zero-order valence-electron chi connectivity index (χ0n) is 13.0. The minimum absolute atomic E-state index is 0.697. The molecular weight excluding hydrogens is 300 g/mol. The third-order valence-corrected chi connectivity index (χ3v) is 3.80. The van der Waals surface area contributed by atoms with Gasteiger partial charge in [-0.1, -0.05) is 24.3 Å². The van der Waals surface area contributed by atoms with Crippen molar-refractivity contribution in [3.05, 3.63) is 78.5 Å². The lowest BCUT2D eigenvalue weighted by molar-refractivity contribution is 0.686. The van der Waals surface area contributed by atoms with Crippen LogP contribution < -0.4 is 5.32 Å². The first-order valence-corrected chi connectivity index (χ1v) is 7.73. The Hall–Kier alpha value is -3.28. The highest BCUT2D eigenvalue weighted by Gasteiger charge is 2.03. The van der Waals surface area contributed by atoms with Crippen molar-refractivity contribution in [2.24, 2.45) is 0 Å².